The number of aromatic amines is 1. The number of nitrogens with one attached hydrogen (secondary N) is 1. The second-order valence-electron chi connectivity index (χ2n) is 5.02. The normalized spacial score (nSPS) is 27.7. The Labute approximate surface area is 141 Å². The lowest BCUT2D eigenvalue weighted by Crippen LogP contribution is -2.35. The van der Waals surface area contributed by atoms with Crippen LogP contribution in [0.15, 0.2) is 11.1 Å². The molecule has 0 spiro atoms. The van der Waals surface area contributed by atoms with Crippen molar-refractivity contribution in [2.45, 2.75) is 24.5 Å². The highest BCUT2D eigenvalue weighted by Crippen LogP contribution is 2.38. The Hall–Kier alpha value is -1.56. The number of hydrogen-bond donors (Lipinski definition) is 3. The van der Waals surface area contributed by atoms with E-state index in [1.54, 1.807) is 0 Å². The average molecular weight is 375 g/mol. The van der Waals surface area contributed by atoms with E-state index in [1.165, 1.54) is 18.0 Å². The smallest absolute Gasteiger partial charge is 0.372 e. The summed E-state index contributed by atoms with van der Waals surface area (Å²) in [7, 11) is -0.947. The highest BCUT2D eigenvalue weighted by Gasteiger charge is 2.49. The number of ether oxygens (including phenoxy) is 2. The molecule has 2 aromatic heterocycles. The molecule has 4 N–H and O–H groups in total. The van der Waals surface area contributed by atoms with Crippen LogP contribution in [0.1, 0.15) is 6.23 Å². The zero-order valence-corrected chi connectivity index (χ0v) is 14.1. The van der Waals surface area contributed by atoms with Crippen molar-refractivity contribution in [3.63, 3.8) is 0 Å². The van der Waals surface area contributed by atoms with Gasteiger partial charge >= 0.3 is 7.23 Å². The maximum absolute atomic E-state index is 11.9. The number of nitrogens with two attached hydrogens (primary N) is 1. The third-order valence-corrected chi connectivity index (χ3v) is 4.34. The zero-order valence-electron chi connectivity index (χ0n) is 12.4. The number of methoxy groups -OCH3 is 1. The number of nitrogen functional groups attached to an aromatic ring is 1. The molecular formula is C11H14N5O6PS. The number of anilines is 1. The minimum Gasteiger partial charge on any atom is -0.408 e. The minimum atomic E-state index is -2.35. The van der Waals surface area contributed by atoms with Gasteiger partial charge in [0.25, 0.3) is 5.56 Å². The Morgan fingerprint density at radius 3 is 2.96 bits per heavy atom. The molecule has 0 saturated carbocycles. The second kappa shape index (κ2) is 6.75. The SMILES string of the molecule is COC1C(O[P+](=O)[S-])C(CO)OC1n1cnc2c(=O)[nH]c(N)nc21. The van der Waals surface area contributed by atoms with E-state index >= 15 is 0 Å². The first-order valence-electron chi connectivity index (χ1n) is 6.79. The van der Waals surface area contributed by atoms with Crippen molar-refractivity contribution >= 4 is 36.6 Å². The van der Waals surface area contributed by atoms with Crippen molar-refractivity contribution in [2.24, 2.45) is 0 Å². The van der Waals surface area contributed by atoms with E-state index in [2.05, 4.69) is 27.2 Å². The Kier molecular flexibility index (Phi) is 4.85. The highest BCUT2D eigenvalue weighted by atomic mass is 32.7. The summed E-state index contributed by atoms with van der Waals surface area (Å²) in [6, 6.07) is 0. The van der Waals surface area contributed by atoms with Crippen LogP contribution in [0.5, 0.6) is 0 Å². The van der Waals surface area contributed by atoms with Gasteiger partial charge in [0.2, 0.25) is 5.95 Å². The molecule has 0 aromatic carbocycles. The van der Waals surface area contributed by atoms with Crippen LogP contribution in [0.3, 0.4) is 0 Å². The Bertz CT molecular complexity index is 827. The third kappa shape index (κ3) is 2.92. The second-order valence-corrected chi connectivity index (χ2v) is 6.57. The van der Waals surface area contributed by atoms with Crippen LogP contribution in [0.2, 0.25) is 0 Å². The molecule has 1 aliphatic rings. The van der Waals surface area contributed by atoms with E-state index in [9.17, 15) is 14.5 Å². The summed E-state index contributed by atoms with van der Waals surface area (Å²) in [5.74, 6) is -0.0821. The standard InChI is InChI=1S/C11H14N5O6PS/c1-20-7-6(22-23(19)24)4(2-17)21-10(7)16-3-13-5-8(16)14-11(12)15-9(5)18/h3-4,6-7,10,17H,2H2,1H3,(H3,12,14,15,18). The van der Waals surface area contributed by atoms with E-state index in [1.807, 2.05) is 0 Å². The number of nitrogens with zero attached hydrogens (tertiary/aromatic N) is 3. The van der Waals surface area contributed by atoms with E-state index in [0.29, 0.717) is 0 Å². The summed E-state index contributed by atoms with van der Waals surface area (Å²) < 4.78 is 29.0. The fraction of sp³-hybridized carbons (Fsp3) is 0.545. The molecule has 3 heterocycles. The number of rotatable bonds is 5. The predicted octanol–water partition coefficient (Wildman–Crippen LogP) is -0.804. The van der Waals surface area contributed by atoms with Gasteiger partial charge in [-0.3, -0.25) is 14.3 Å². The minimum absolute atomic E-state index is 0.0712. The first-order chi connectivity index (χ1) is 11.5. The maximum atomic E-state index is 11.9. The van der Waals surface area contributed by atoms with Gasteiger partial charge in [-0.15, -0.1) is 0 Å². The van der Waals surface area contributed by atoms with Crippen LogP contribution in [0.25, 0.3) is 11.2 Å². The van der Waals surface area contributed by atoms with Crippen molar-refractivity contribution in [2.75, 3.05) is 19.5 Å². The summed E-state index contributed by atoms with van der Waals surface area (Å²) in [5, 5.41) is 9.47. The van der Waals surface area contributed by atoms with Gasteiger partial charge in [0.05, 0.1) is 12.9 Å². The Balaban J connectivity index is 2.05. The molecule has 0 radical (unpaired) electrons. The predicted molar refractivity (Wildman–Crippen MR) is 84.2 cm³/mol. The molecule has 0 aliphatic carbocycles. The van der Waals surface area contributed by atoms with E-state index < -0.39 is 43.9 Å². The number of H-pyrrole nitrogens is 1. The lowest BCUT2D eigenvalue weighted by molar-refractivity contribution is -0.0583. The lowest BCUT2D eigenvalue weighted by atomic mass is 10.1. The fourth-order valence-electron chi connectivity index (χ4n) is 2.69. The first-order valence-corrected chi connectivity index (χ1v) is 8.98. The van der Waals surface area contributed by atoms with Crippen LogP contribution in [0, 0.1) is 0 Å². The van der Waals surface area contributed by atoms with Crippen LogP contribution >= 0.6 is 7.23 Å². The topological polar surface area (TPSA) is 155 Å². The number of imidazole rings is 1. The molecule has 0 amide bonds. The maximum Gasteiger partial charge on any atom is 0.372 e. The van der Waals surface area contributed by atoms with Gasteiger partial charge < -0.3 is 32.6 Å². The molecule has 13 heteroatoms. The summed E-state index contributed by atoms with van der Waals surface area (Å²) in [6.45, 7) is -0.400. The summed E-state index contributed by atoms with van der Waals surface area (Å²) >= 11 is 4.57. The van der Waals surface area contributed by atoms with Gasteiger partial charge in [0.1, 0.15) is 12.2 Å². The number of aliphatic hydroxyl groups is 1. The van der Waals surface area contributed by atoms with Crippen molar-refractivity contribution in [1.82, 2.24) is 19.5 Å². The molecular weight excluding hydrogens is 361 g/mol. The molecule has 1 saturated heterocycles. The first kappa shape index (κ1) is 17.3. The summed E-state index contributed by atoms with van der Waals surface area (Å²) in [5.41, 5.74) is 5.33. The average Bonchev–Trinajstić information content (AvgIpc) is 3.07. The Morgan fingerprint density at radius 1 is 1.58 bits per heavy atom. The van der Waals surface area contributed by atoms with Crippen molar-refractivity contribution in [1.29, 1.82) is 0 Å². The number of aliphatic hydroxyl groups excluding tert-OH is 1. The fourth-order valence-corrected chi connectivity index (χ4v) is 3.44. The number of hydrogen-bond acceptors (Lipinski definition) is 10. The van der Waals surface area contributed by atoms with Crippen LogP contribution in [-0.4, -0.2) is 56.7 Å². The number of aromatic nitrogens is 4. The molecule has 1 aliphatic heterocycles. The largest absolute Gasteiger partial charge is 0.408 e. The Morgan fingerprint density at radius 2 is 2.33 bits per heavy atom. The molecule has 0 bridgehead atoms. The van der Waals surface area contributed by atoms with E-state index in [4.69, 9.17) is 19.7 Å². The van der Waals surface area contributed by atoms with E-state index in [0.717, 1.165) is 0 Å². The van der Waals surface area contributed by atoms with Crippen molar-refractivity contribution in [3.05, 3.63) is 16.7 Å². The third-order valence-electron chi connectivity index (χ3n) is 3.67. The zero-order chi connectivity index (χ0) is 17.4. The van der Waals surface area contributed by atoms with Crippen LogP contribution in [0.4, 0.5) is 5.95 Å². The molecule has 130 valence electrons. The van der Waals surface area contributed by atoms with Crippen LogP contribution in [-0.2, 0) is 30.8 Å². The summed E-state index contributed by atoms with van der Waals surface area (Å²) in [4.78, 5) is 22.3. The molecule has 5 atom stereocenters. The highest BCUT2D eigenvalue weighted by molar-refractivity contribution is 8.25. The molecule has 5 unspecified atom stereocenters. The van der Waals surface area contributed by atoms with Gasteiger partial charge in [0, 0.05) is 7.11 Å². The molecule has 3 rings (SSSR count). The van der Waals surface area contributed by atoms with Gasteiger partial charge in [-0.05, 0) is 0 Å². The molecule has 2 aromatic rings. The summed E-state index contributed by atoms with van der Waals surface area (Å²) in [6.07, 6.45) is -1.93. The monoisotopic (exact) mass is 375 g/mol. The van der Waals surface area contributed by atoms with Gasteiger partial charge in [-0.1, -0.05) is 4.57 Å². The van der Waals surface area contributed by atoms with Crippen LogP contribution < -0.4 is 11.3 Å². The van der Waals surface area contributed by atoms with Gasteiger partial charge in [-0.2, -0.15) is 9.51 Å². The molecule has 24 heavy (non-hydrogen) atoms. The van der Waals surface area contributed by atoms with Gasteiger partial charge in [0.15, 0.2) is 23.5 Å². The molecule has 11 nitrogen and oxygen atoms in total. The van der Waals surface area contributed by atoms with Gasteiger partial charge in [-0.25, -0.2) is 4.98 Å². The van der Waals surface area contributed by atoms with E-state index in [-0.39, 0.29) is 17.1 Å². The molecule has 1 fully saturated rings. The quantitative estimate of drug-likeness (QED) is 0.446. The number of fused-ring (bicyclic) bond motifs is 1. The van der Waals surface area contributed by atoms with Crippen molar-refractivity contribution < 1.29 is 23.7 Å². The van der Waals surface area contributed by atoms with Crippen molar-refractivity contribution in [3.8, 4) is 0 Å². The lowest BCUT2D eigenvalue weighted by Gasteiger charge is -2.20.